The summed E-state index contributed by atoms with van der Waals surface area (Å²) in [5, 5.41) is 12.8. The summed E-state index contributed by atoms with van der Waals surface area (Å²) in [7, 11) is 1.71. The van der Waals surface area contributed by atoms with Crippen LogP contribution in [0.3, 0.4) is 0 Å². The van der Waals surface area contributed by atoms with Crippen molar-refractivity contribution in [2.45, 2.75) is 19.4 Å². The number of nitrogens with zero attached hydrogens (tertiary/aromatic N) is 1. The monoisotopic (exact) mass is 297 g/mol. The summed E-state index contributed by atoms with van der Waals surface area (Å²) < 4.78 is 1.13. The molecule has 0 aliphatic carbocycles. The first-order valence-corrected chi connectivity index (χ1v) is 7.31. The van der Waals surface area contributed by atoms with Crippen LogP contribution in [0.15, 0.2) is 23.6 Å². The van der Waals surface area contributed by atoms with E-state index in [4.69, 9.17) is 16.7 Å². The smallest absolute Gasteiger partial charge is 0.227 e. The number of benzene rings is 1. The van der Waals surface area contributed by atoms with Crippen LogP contribution in [0.25, 0.3) is 10.1 Å². The third-order valence-electron chi connectivity index (χ3n) is 3.28. The van der Waals surface area contributed by atoms with E-state index in [0.717, 1.165) is 15.6 Å². The van der Waals surface area contributed by atoms with Gasteiger partial charge in [0.1, 0.15) is 0 Å². The topological polar surface area (TPSA) is 40.5 Å². The summed E-state index contributed by atoms with van der Waals surface area (Å²) in [5.41, 5.74) is 0.990. The van der Waals surface area contributed by atoms with Crippen molar-refractivity contribution in [3.05, 3.63) is 34.2 Å². The van der Waals surface area contributed by atoms with Crippen molar-refractivity contribution < 1.29 is 9.90 Å². The third kappa shape index (κ3) is 3.08. The molecule has 19 heavy (non-hydrogen) atoms. The van der Waals surface area contributed by atoms with Gasteiger partial charge in [-0.1, -0.05) is 11.6 Å². The molecule has 0 radical (unpaired) electrons. The average Bonchev–Trinajstić information content (AvgIpc) is 2.79. The molecule has 1 N–H and O–H groups in total. The Morgan fingerprint density at radius 1 is 1.53 bits per heavy atom. The van der Waals surface area contributed by atoms with E-state index in [1.54, 1.807) is 23.3 Å². The first kappa shape index (κ1) is 14.3. The summed E-state index contributed by atoms with van der Waals surface area (Å²) in [6.45, 7) is 1.79. The zero-order chi connectivity index (χ0) is 14.0. The molecule has 0 aliphatic heterocycles. The minimum absolute atomic E-state index is 0.00113. The number of hydrogen-bond donors (Lipinski definition) is 1. The fraction of sp³-hybridized carbons (Fsp3) is 0.357. The van der Waals surface area contributed by atoms with Crippen LogP contribution in [0.1, 0.15) is 12.5 Å². The highest BCUT2D eigenvalue weighted by molar-refractivity contribution is 7.17. The fourth-order valence-electron chi connectivity index (χ4n) is 1.85. The van der Waals surface area contributed by atoms with Crippen LogP contribution >= 0.6 is 22.9 Å². The molecule has 0 saturated heterocycles. The van der Waals surface area contributed by atoms with Crippen molar-refractivity contribution >= 4 is 38.9 Å². The molecule has 5 heteroatoms. The highest BCUT2D eigenvalue weighted by Crippen LogP contribution is 2.29. The standard InChI is InChI=1S/C14H16ClNO2S/c1-9(7-17)16(2)14(18)5-10-8-19-13-4-3-11(15)6-12(10)13/h3-4,6,8-9,17H,5,7H2,1-2H3. The van der Waals surface area contributed by atoms with Gasteiger partial charge in [0.15, 0.2) is 0 Å². The maximum Gasteiger partial charge on any atom is 0.227 e. The van der Waals surface area contributed by atoms with Crippen LogP contribution in [0.4, 0.5) is 0 Å². The Kier molecular flexibility index (Phi) is 4.45. The normalized spacial score (nSPS) is 12.6. The Morgan fingerprint density at radius 2 is 2.26 bits per heavy atom. The van der Waals surface area contributed by atoms with Gasteiger partial charge in [0.25, 0.3) is 0 Å². The molecule has 2 rings (SSSR count). The second kappa shape index (κ2) is 5.90. The Morgan fingerprint density at radius 3 is 2.95 bits per heavy atom. The number of carbonyl (C=O) groups is 1. The number of carbonyl (C=O) groups excluding carboxylic acids is 1. The van der Waals surface area contributed by atoms with Crippen LogP contribution in [-0.2, 0) is 11.2 Å². The molecule has 2 aromatic rings. The summed E-state index contributed by atoms with van der Waals surface area (Å²) in [4.78, 5) is 13.7. The molecule has 0 aliphatic rings. The van der Waals surface area contributed by atoms with Gasteiger partial charge in [0.05, 0.1) is 19.1 Å². The van der Waals surface area contributed by atoms with Crippen molar-refractivity contribution in [2.75, 3.05) is 13.7 Å². The minimum atomic E-state index is -0.166. The first-order chi connectivity index (χ1) is 9.02. The van der Waals surface area contributed by atoms with Crippen molar-refractivity contribution in [1.29, 1.82) is 0 Å². The second-order valence-corrected chi connectivity index (χ2v) is 5.96. The summed E-state index contributed by atoms with van der Waals surface area (Å²) in [6, 6.07) is 5.55. The number of fused-ring (bicyclic) bond motifs is 1. The van der Waals surface area contributed by atoms with Crippen LogP contribution in [0, 0.1) is 0 Å². The van der Waals surface area contributed by atoms with Gasteiger partial charge in [-0.15, -0.1) is 11.3 Å². The maximum absolute atomic E-state index is 12.1. The van der Waals surface area contributed by atoms with Gasteiger partial charge in [-0.25, -0.2) is 0 Å². The molecule has 1 heterocycles. The van der Waals surface area contributed by atoms with Crippen LogP contribution < -0.4 is 0 Å². The second-order valence-electron chi connectivity index (χ2n) is 4.61. The summed E-state index contributed by atoms with van der Waals surface area (Å²) in [5.74, 6) is 0.00113. The largest absolute Gasteiger partial charge is 0.394 e. The van der Waals surface area contributed by atoms with Gasteiger partial charge in [0.2, 0.25) is 5.91 Å². The lowest BCUT2D eigenvalue weighted by Gasteiger charge is -2.23. The molecular formula is C14H16ClNO2S. The third-order valence-corrected chi connectivity index (χ3v) is 4.52. The highest BCUT2D eigenvalue weighted by Gasteiger charge is 2.17. The molecule has 0 fully saturated rings. The lowest BCUT2D eigenvalue weighted by atomic mass is 10.1. The minimum Gasteiger partial charge on any atom is -0.394 e. The first-order valence-electron chi connectivity index (χ1n) is 6.05. The van der Waals surface area contributed by atoms with E-state index < -0.39 is 0 Å². The molecule has 1 atom stereocenters. The number of amides is 1. The zero-order valence-electron chi connectivity index (χ0n) is 10.9. The van der Waals surface area contributed by atoms with Crippen molar-refractivity contribution in [1.82, 2.24) is 4.90 Å². The molecule has 0 saturated carbocycles. The number of hydrogen-bond acceptors (Lipinski definition) is 3. The lowest BCUT2D eigenvalue weighted by molar-refractivity contribution is -0.131. The Bertz CT molecular complexity index is 596. The number of likely N-dealkylation sites (N-methyl/N-ethyl adjacent to an activating group) is 1. The molecule has 102 valence electrons. The molecule has 0 bridgehead atoms. The number of aliphatic hydroxyl groups is 1. The molecule has 1 amide bonds. The van der Waals surface area contributed by atoms with Crippen molar-refractivity contribution in [2.24, 2.45) is 0 Å². The van der Waals surface area contributed by atoms with Gasteiger partial charge < -0.3 is 10.0 Å². The van der Waals surface area contributed by atoms with Gasteiger partial charge >= 0.3 is 0 Å². The number of halogens is 1. The Balaban J connectivity index is 2.22. The van der Waals surface area contributed by atoms with Gasteiger partial charge in [-0.3, -0.25) is 4.79 Å². The van der Waals surface area contributed by atoms with E-state index in [1.165, 1.54) is 0 Å². The number of thiophene rings is 1. The van der Waals surface area contributed by atoms with Gasteiger partial charge in [-0.2, -0.15) is 0 Å². The van der Waals surface area contributed by atoms with Crippen molar-refractivity contribution in [3.63, 3.8) is 0 Å². The van der Waals surface area contributed by atoms with E-state index in [9.17, 15) is 4.79 Å². The average molecular weight is 298 g/mol. The molecular weight excluding hydrogens is 282 g/mol. The van der Waals surface area contributed by atoms with E-state index >= 15 is 0 Å². The molecule has 1 unspecified atom stereocenters. The zero-order valence-corrected chi connectivity index (χ0v) is 12.5. The van der Waals surface area contributed by atoms with Crippen LogP contribution in [-0.4, -0.2) is 35.6 Å². The molecule has 0 spiro atoms. The Labute approximate surface area is 121 Å². The molecule has 3 nitrogen and oxygen atoms in total. The van der Waals surface area contributed by atoms with Crippen molar-refractivity contribution in [3.8, 4) is 0 Å². The van der Waals surface area contributed by atoms with E-state index in [0.29, 0.717) is 11.4 Å². The fourth-order valence-corrected chi connectivity index (χ4v) is 2.96. The van der Waals surface area contributed by atoms with E-state index in [1.807, 2.05) is 30.5 Å². The van der Waals surface area contributed by atoms with Gasteiger partial charge in [0, 0.05) is 16.8 Å². The molecule has 1 aromatic heterocycles. The van der Waals surface area contributed by atoms with Gasteiger partial charge in [-0.05, 0) is 41.5 Å². The lowest BCUT2D eigenvalue weighted by Crippen LogP contribution is -2.38. The maximum atomic E-state index is 12.1. The predicted molar refractivity (Wildman–Crippen MR) is 79.9 cm³/mol. The van der Waals surface area contributed by atoms with E-state index in [-0.39, 0.29) is 18.6 Å². The molecule has 1 aromatic carbocycles. The number of rotatable bonds is 4. The quantitative estimate of drug-likeness (QED) is 0.942. The predicted octanol–water partition coefficient (Wildman–Crippen LogP) is 2.94. The highest BCUT2D eigenvalue weighted by atomic mass is 35.5. The summed E-state index contributed by atoms with van der Waals surface area (Å²) in [6.07, 6.45) is 0.335. The number of aliphatic hydroxyl groups excluding tert-OH is 1. The SMILES string of the molecule is CC(CO)N(C)C(=O)Cc1csc2ccc(Cl)cc12. The van der Waals surface area contributed by atoms with Crippen LogP contribution in [0.5, 0.6) is 0 Å². The Hall–Kier alpha value is -1.10. The van der Waals surface area contributed by atoms with E-state index in [2.05, 4.69) is 0 Å². The van der Waals surface area contributed by atoms with Crippen LogP contribution in [0.2, 0.25) is 5.02 Å². The summed E-state index contributed by atoms with van der Waals surface area (Å²) >= 11 is 7.61.